The first kappa shape index (κ1) is 23.1. The SMILES string of the molecule is C=C(O)C1CCOc2cc(Oc3ccc(C(=O)Nc4nc(C(C)(C)C)cs4)cc3)c(Cl)cc21. The number of rotatable bonds is 5. The minimum atomic E-state index is -0.244. The molecular weight excluding hydrogens is 460 g/mol. The molecule has 0 spiro atoms. The van der Waals surface area contributed by atoms with Gasteiger partial charge in [-0.1, -0.05) is 39.0 Å². The Kier molecular flexibility index (Phi) is 6.36. The van der Waals surface area contributed by atoms with Gasteiger partial charge in [-0.2, -0.15) is 0 Å². The molecule has 3 aromatic rings. The number of nitrogens with zero attached hydrogens (tertiary/aromatic N) is 1. The highest BCUT2D eigenvalue weighted by Gasteiger charge is 2.26. The first-order chi connectivity index (χ1) is 15.6. The number of nitrogens with one attached hydrogen (secondary N) is 1. The first-order valence-electron chi connectivity index (χ1n) is 10.5. The quantitative estimate of drug-likeness (QED) is 0.378. The van der Waals surface area contributed by atoms with E-state index < -0.39 is 0 Å². The van der Waals surface area contributed by atoms with Crippen LogP contribution in [0.1, 0.15) is 54.7 Å². The summed E-state index contributed by atoms with van der Waals surface area (Å²) in [7, 11) is 0. The van der Waals surface area contributed by atoms with Gasteiger partial charge in [0.1, 0.15) is 17.2 Å². The third kappa shape index (κ3) is 5.15. The summed E-state index contributed by atoms with van der Waals surface area (Å²) in [6.07, 6.45) is 0.640. The second-order valence-electron chi connectivity index (χ2n) is 8.87. The number of carbonyl (C=O) groups is 1. The van der Waals surface area contributed by atoms with Gasteiger partial charge < -0.3 is 14.6 Å². The third-order valence-electron chi connectivity index (χ3n) is 5.34. The second kappa shape index (κ2) is 9.08. The normalized spacial score (nSPS) is 15.3. The number of thiazole rings is 1. The van der Waals surface area contributed by atoms with Crippen molar-refractivity contribution in [2.45, 2.75) is 38.5 Å². The van der Waals surface area contributed by atoms with E-state index in [4.69, 9.17) is 21.1 Å². The van der Waals surface area contributed by atoms with Crippen LogP contribution in [0.3, 0.4) is 0 Å². The van der Waals surface area contributed by atoms with Crippen LogP contribution < -0.4 is 14.8 Å². The van der Waals surface area contributed by atoms with Crippen LogP contribution in [0, 0.1) is 0 Å². The zero-order chi connectivity index (χ0) is 23.8. The Balaban J connectivity index is 1.46. The van der Waals surface area contributed by atoms with Gasteiger partial charge in [0.05, 0.1) is 23.1 Å². The van der Waals surface area contributed by atoms with Crippen LogP contribution >= 0.6 is 22.9 Å². The van der Waals surface area contributed by atoms with Crippen LogP contribution in [0.5, 0.6) is 17.2 Å². The number of hydrogen-bond acceptors (Lipinski definition) is 6. The maximum Gasteiger partial charge on any atom is 0.257 e. The van der Waals surface area contributed by atoms with Gasteiger partial charge in [0.15, 0.2) is 5.13 Å². The smallest absolute Gasteiger partial charge is 0.257 e. The molecule has 0 aliphatic carbocycles. The van der Waals surface area contributed by atoms with E-state index in [1.54, 1.807) is 36.4 Å². The molecule has 0 fully saturated rings. The van der Waals surface area contributed by atoms with Gasteiger partial charge in [0.2, 0.25) is 0 Å². The highest BCUT2D eigenvalue weighted by atomic mass is 35.5. The molecule has 1 atom stereocenters. The summed E-state index contributed by atoms with van der Waals surface area (Å²) in [5, 5.41) is 15.6. The van der Waals surface area contributed by atoms with E-state index in [9.17, 15) is 9.90 Å². The van der Waals surface area contributed by atoms with Crippen molar-refractivity contribution in [2.75, 3.05) is 11.9 Å². The predicted molar refractivity (Wildman–Crippen MR) is 131 cm³/mol. The molecule has 33 heavy (non-hydrogen) atoms. The molecule has 2 heterocycles. The molecule has 0 saturated carbocycles. The molecule has 172 valence electrons. The second-order valence-corrected chi connectivity index (χ2v) is 10.1. The highest BCUT2D eigenvalue weighted by Crippen LogP contribution is 2.43. The summed E-state index contributed by atoms with van der Waals surface area (Å²) in [6.45, 7) is 10.4. The molecule has 1 aromatic heterocycles. The minimum absolute atomic E-state index is 0.0750. The Morgan fingerprint density at radius 1 is 1.30 bits per heavy atom. The van der Waals surface area contributed by atoms with E-state index >= 15 is 0 Å². The molecule has 0 saturated heterocycles. The molecule has 0 bridgehead atoms. The van der Waals surface area contributed by atoms with Crippen molar-refractivity contribution in [3.8, 4) is 17.2 Å². The van der Waals surface area contributed by atoms with Crippen molar-refractivity contribution in [3.05, 3.63) is 76.0 Å². The van der Waals surface area contributed by atoms with Crippen LogP contribution in [-0.4, -0.2) is 22.6 Å². The van der Waals surface area contributed by atoms with Crippen molar-refractivity contribution >= 4 is 34.0 Å². The molecule has 1 unspecified atom stereocenters. The largest absolute Gasteiger partial charge is 0.512 e. The molecule has 2 N–H and O–H groups in total. The van der Waals surface area contributed by atoms with Crippen molar-refractivity contribution in [1.29, 1.82) is 0 Å². The lowest BCUT2D eigenvalue weighted by atomic mass is 9.92. The van der Waals surface area contributed by atoms with Gasteiger partial charge in [0.25, 0.3) is 5.91 Å². The van der Waals surface area contributed by atoms with Gasteiger partial charge >= 0.3 is 0 Å². The zero-order valence-corrected chi connectivity index (χ0v) is 20.2. The number of ether oxygens (including phenoxy) is 2. The van der Waals surface area contributed by atoms with Gasteiger partial charge in [-0.05, 0) is 36.8 Å². The fraction of sp³-hybridized carbons (Fsp3) is 0.280. The van der Waals surface area contributed by atoms with Gasteiger partial charge in [-0.15, -0.1) is 11.3 Å². The summed E-state index contributed by atoms with van der Waals surface area (Å²) >= 11 is 7.83. The third-order valence-corrected chi connectivity index (χ3v) is 6.40. The number of anilines is 1. The number of benzene rings is 2. The van der Waals surface area contributed by atoms with Crippen molar-refractivity contribution in [3.63, 3.8) is 0 Å². The topological polar surface area (TPSA) is 80.7 Å². The standard InChI is InChI=1S/C25H25ClN2O4S/c1-14(29)17-9-10-31-20-12-21(19(26)11-18(17)20)32-16-7-5-15(6-8-16)23(30)28-24-27-22(13-33-24)25(2,3)4/h5-8,11-13,17,29H,1,9-10H2,2-4H3,(H,27,28,30). The van der Waals surface area contributed by atoms with E-state index in [-0.39, 0.29) is 23.0 Å². The van der Waals surface area contributed by atoms with E-state index in [1.165, 1.54) is 11.3 Å². The number of aromatic nitrogens is 1. The number of carbonyl (C=O) groups excluding carboxylic acids is 1. The lowest BCUT2D eigenvalue weighted by Gasteiger charge is -2.26. The molecule has 0 radical (unpaired) electrons. The van der Waals surface area contributed by atoms with Gasteiger partial charge in [-0.3, -0.25) is 10.1 Å². The van der Waals surface area contributed by atoms with Gasteiger partial charge in [-0.25, -0.2) is 4.98 Å². The molecule has 2 aromatic carbocycles. The lowest BCUT2D eigenvalue weighted by molar-refractivity contribution is 0.102. The van der Waals surface area contributed by atoms with Crippen LogP contribution in [-0.2, 0) is 5.41 Å². The van der Waals surface area contributed by atoms with E-state index in [0.29, 0.717) is 46.0 Å². The molecule has 1 aliphatic rings. The van der Waals surface area contributed by atoms with Crippen LogP contribution in [0.15, 0.2) is 54.1 Å². The number of halogens is 1. The summed E-state index contributed by atoms with van der Waals surface area (Å²) in [6, 6.07) is 10.2. The fourth-order valence-electron chi connectivity index (χ4n) is 3.46. The van der Waals surface area contributed by atoms with Crippen molar-refractivity contribution < 1.29 is 19.4 Å². The highest BCUT2D eigenvalue weighted by molar-refractivity contribution is 7.14. The first-order valence-corrected chi connectivity index (χ1v) is 11.8. The monoisotopic (exact) mass is 484 g/mol. The van der Waals surface area contributed by atoms with Crippen molar-refractivity contribution in [1.82, 2.24) is 4.98 Å². The Morgan fingerprint density at radius 3 is 2.67 bits per heavy atom. The maximum absolute atomic E-state index is 12.6. The van der Waals surface area contributed by atoms with E-state index in [0.717, 1.165) is 11.3 Å². The molecule has 6 nitrogen and oxygen atoms in total. The molecule has 1 aliphatic heterocycles. The van der Waals surface area contributed by atoms with Crippen LogP contribution in [0.25, 0.3) is 0 Å². The minimum Gasteiger partial charge on any atom is -0.512 e. The van der Waals surface area contributed by atoms with Crippen LogP contribution in [0.4, 0.5) is 5.13 Å². The van der Waals surface area contributed by atoms with Gasteiger partial charge in [0, 0.05) is 33.9 Å². The number of aliphatic hydroxyl groups is 1. The van der Waals surface area contributed by atoms with E-state index in [2.05, 4.69) is 37.7 Å². The summed E-state index contributed by atoms with van der Waals surface area (Å²) in [4.78, 5) is 17.1. The van der Waals surface area contributed by atoms with Crippen molar-refractivity contribution in [2.24, 2.45) is 0 Å². The van der Waals surface area contributed by atoms with E-state index in [1.807, 2.05) is 5.38 Å². The Bertz CT molecular complexity index is 1200. The number of aliphatic hydroxyl groups excluding tert-OH is 1. The average Bonchev–Trinajstić information content (AvgIpc) is 3.23. The lowest BCUT2D eigenvalue weighted by Crippen LogP contribution is -2.15. The number of amides is 1. The van der Waals surface area contributed by atoms with Crippen LogP contribution in [0.2, 0.25) is 5.02 Å². The zero-order valence-electron chi connectivity index (χ0n) is 18.6. The number of allylic oxidation sites excluding steroid dienone is 1. The molecular formula is C25H25ClN2O4S. The fourth-order valence-corrected chi connectivity index (χ4v) is 4.60. The summed E-state index contributed by atoms with van der Waals surface area (Å²) < 4.78 is 11.6. The summed E-state index contributed by atoms with van der Waals surface area (Å²) in [5.41, 5.74) is 2.13. The maximum atomic E-state index is 12.6. The molecule has 1 amide bonds. The molecule has 4 rings (SSSR count). The Morgan fingerprint density at radius 2 is 2.03 bits per heavy atom. The Labute approximate surface area is 201 Å². The Hall–Kier alpha value is -3.03. The molecule has 8 heteroatoms. The average molecular weight is 485 g/mol. The number of hydrogen-bond donors (Lipinski definition) is 2. The number of fused-ring (bicyclic) bond motifs is 1. The summed E-state index contributed by atoms with van der Waals surface area (Å²) in [5.74, 6) is 1.19. The predicted octanol–water partition coefficient (Wildman–Crippen LogP) is 7.08.